The van der Waals surface area contributed by atoms with Gasteiger partial charge in [-0.1, -0.05) is 45.4 Å². The first-order chi connectivity index (χ1) is 14.2. The van der Waals surface area contributed by atoms with Crippen LogP contribution in [0, 0.1) is 32.6 Å². The molecule has 0 aromatic heterocycles. The first kappa shape index (κ1) is 27.8. The van der Waals surface area contributed by atoms with Crippen molar-refractivity contribution in [2.24, 2.45) is 11.8 Å². The third-order valence-electron chi connectivity index (χ3n) is 5.02. The molecule has 2 aromatic rings. The van der Waals surface area contributed by atoms with Gasteiger partial charge < -0.3 is 9.47 Å². The number of aryl methyl sites for hydroxylation is 3. The van der Waals surface area contributed by atoms with E-state index in [0.717, 1.165) is 46.3 Å². The molecule has 0 N–H and O–H groups in total. The summed E-state index contributed by atoms with van der Waals surface area (Å²) >= 11 is 0. The Labute approximate surface area is 202 Å². The van der Waals surface area contributed by atoms with Crippen LogP contribution in [0.4, 0.5) is 0 Å². The van der Waals surface area contributed by atoms with Gasteiger partial charge in [-0.3, -0.25) is 4.79 Å². The Bertz CT molecular complexity index is 839. The van der Waals surface area contributed by atoms with Crippen LogP contribution < -0.4 is 14.8 Å². The van der Waals surface area contributed by atoms with Crippen molar-refractivity contribution in [3.63, 3.8) is 0 Å². The van der Waals surface area contributed by atoms with Crippen molar-refractivity contribution in [2.45, 2.75) is 61.3 Å². The Morgan fingerprint density at radius 2 is 1.42 bits per heavy atom. The third-order valence-corrected chi connectivity index (χ3v) is 6.18. The zero-order valence-electron chi connectivity index (χ0n) is 19.6. The number of hydrogen-bond acceptors (Lipinski definition) is 3. The first-order valence-corrected chi connectivity index (χ1v) is 12.0. The average Bonchev–Trinajstić information content (AvgIpc) is 2.62. The Kier molecular flexibility index (Phi) is 11.9. The van der Waals surface area contributed by atoms with Crippen molar-refractivity contribution >= 4 is 38.3 Å². The number of ether oxygens (including phenoxy) is 2. The molecule has 0 bridgehead atoms. The molecule has 0 amide bonds. The summed E-state index contributed by atoms with van der Waals surface area (Å²) in [7, 11) is 0.0251. The van der Waals surface area contributed by atoms with E-state index >= 15 is 0 Å². The molecular formula is C26H38LiO3P. The molecule has 0 aliphatic heterocycles. The Morgan fingerprint density at radius 3 is 1.97 bits per heavy atom. The summed E-state index contributed by atoms with van der Waals surface area (Å²) in [6.07, 6.45) is 1.99. The van der Waals surface area contributed by atoms with Crippen LogP contribution in [0.2, 0.25) is 0 Å². The van der Waals surface area contributed by atoms with Gasteiger partial charge in [0.2, 0.25) is 0 Å². The zero-order chi connectivity index (χ0) is 22.3. The van der Waals surface area contributed by atoms with Crippen molar-refractivity contribution in [2.75, 3.05) is 13.2 Å². The molecule has 0 saturated heterocycles. The molecule has 2 rings (SSSR count). The molecule has 0 aliphatic rings. The van der Waals surface area contributed by atoms with E-state index in [1.54, 1.807) is 0 Å². The fraction of sp³-hybridized carbons (Fsp3) is 0.500. The SMILES string of the molecule is Cc1cc(C)c(C(=O)Pc2ccc(OCCC(C)C)cc2OCCC(C)C)c(C)c1.[LiH]. The molecule has 0 fully saturated rings. The van der Waals surface area contributed by atoms with Gasteiger partial charge in [0.1, 0.15) is 11.5 Å². The van der Waals surface area contributed by atoms with E-state index in [9.17, 15) is 4.79 Å². The molecule has 5 heteroatoms. The normalized spacial score (nSPS) is 11.3. The maximum absolute atomic E-state index is 13.2. The van der Waals surface area contributed by atoms with Gasteiger partial charge in [-0.15, -0.1) is 0 Å². The van der Waals surface area contributed by atoms with E-state index < -0.39 is 0 Å². The second-order valence-corrected chi connectivity index (χ2v) is 10.2. The predicted molar refractivity (Wildman–Crippen MR) is 136 cm³/mol. The predicted octanol–water partition coefficient (Wildman–Crippen LogP) is 5.96. The number of hydrogen-bond donors (Lipinski definition) is 0. The molecular weight excluding hydrogens is 398 g/mol. The number of carbonyl (C=O) groups is 1. The summed E-state index contributed by atoms with van der Waals surface area (Å²) in [5, 5.41) is 0.944. The maximum atomic E-state index is 13.2. The second kappa shape index (κ2) is 13.3. The van der Waals surface area contributed by atoms with Crippen molar-refractivity contribution in [3.05, 3.63) is 52.6 Å². The number of benzene rings is 2. The Hall–Kier alpha value is -1.26. The molecule has 0 aliphatic carbocycles. The summed E-state index contributed by atoms with van der Waals surface area (Å²) in [4.78, 5) is 13.2. The third kappa shape index (κ3) is 9.02. The Morgan fingerprint density at radius 1 is 0.871 bits per heavy atom. The van der Waals surface area contributed by atoms with Crippen molar-refractivity contribution < 1.29 is 14.3 Å². The standard InChI is InChI=1S/C26H37O3P.Li.H/c1-17(2)10-12-28-22-8-9-24(23(16-22)29-13-11-18(3)4)30-26(27)25-20(6)14-19(5)15-21(25)7;;/h8-9,14-18,30H,10-13H2,1-7H3;;. The number of rotatable bonds is 11. The molecule has 0 spiro atoms. The fourth-order valence-corrected chi connectivity index (χ4v) is 4.55. The molecule has 166 valence electrons. The van der Waals surface area contributed by atoms with Gasteiger partial charge in [-0.25, -0.2) is 0 Å². The monoisotopic (exact) mass is 436 g/mol. The van der Waals surface area contributed by atoms with E-state index in [1.807, 2.05) is 32.0 Å². The molecule has 1 unspecified atom stereocenters. The summed E-state index contributed by atoms with van der Waals surface area (Å²) < 4.78 is 12.0. The zero-order valence-corrected chi connectivity index (χ0v) is 20.6. The van der Waals surface area contributed by atoms with E-state index in [1.165, 1.54) is 5.56 Å². The topological polar surface area (TPSA) is 35.5 Å². The molecule has 0 radical (unpaired) electrons. The van der Waals surface area contributed by atoms with Crippen LogP contribution in [-0.2, 0) is 0 Å². The summed E-state index contributed by atoms with van der Waals surface area (Å²) in [5.41, 5.74) is 4.27. The summed E-state index contributed by atoms with van der Waals surface area (Å²) in [6.45, 7) is 16.2. The fourth-order valence-electron chi connectivity index (χ4n) is 3.36. The van der Waals surface area contributed by atoms with E-state index in [-0.39, 0.29) is 33.0 Å². The van der Waals surface area contributed by atoms with Gasteiger partial charge in [-0.05, 0) is 77.3 Å². The van der Waals surface area contributed by atoms with Crippen LogP contribution in [0.1, 0.15) is 67.6 Å². The molecule has 0 heterocycles. The van der Waals surface area contributed by atoms with Gasteiger partial charge in [-0.2, -0.15) is 0 Å². The van der Waals surface area contributed by atoms with Crippen LogP contribution in [0.25, 0.3) is 0 Å². The minimum atomic E-state index is 0. The van der Waals surface area contributed by atoms with Gasteiger partial charge in [0.15, 0.2) is 5.52 Å². The minimum absolute atomic E-state index is 0. The van der Waals surface area contributed by atoms with Crippen LogP contribution in [0.3, 0.4) is 0 Å². The summed E-state index contributed by atoms with van der Waals surface area (Å²) in [5.74, 6) is 2.75. The van der Waals surface area contributed by atoms with Gasteiger partial charge >= 0.3 is 18.9 Å². The molecule has 3 nitrogen and oxygen atoms in total. The van der Waals surface area contributed by atoms with Gasteiger partial charge in [0, 0.05) is 16.9 Å². The summed E-state index contributed by atoms with van der Waals surface area (Å²) in [6, 6.07) is 10.1. The van der Waals surface area contributed by atoms with Crippen molar-refractivity contribution in [1.82, 2.24) is 0 Å². The first-order valence-electron chi connectivity index (χ1n) is 11.0. The van der Waals surface area contributed by atoms with Crippen LogP contribution >= 0.6 is 8.58 Å². The van der Waals surface area contributed by atoms with E-state index in [2.05, 4.69) is 46.8 Å². The van der Waals surface area contributed by atoms with Crippen LogP contribution in [0.5, 0.6) is 11.5 Å². The van der Waals surface area contributed by atoms with E-state index in [0.29, 0.717) is 25.0 Å². The molecule has 0 saturated carbocycles. The van der Waals surface area contributed by atoms with Crippen molar-refractivity contribution in [3.8, 4) is 11.5 Å². The quantitative estimate of drug-likeness (QED) is 0.322. The van der Waals surface area contributed by atoms with Crippen LogP contribution in [0.15, 0.2) is 30.3 Å². The second-order valence-electron chi connectivity index (χ2n) is 8.95. The van der Waals surface area contributed by atoms with Crippen molar-refractivity contribution in [1.29, 1.82) is 0 Å². The van der Waals surface area contributed by atoms with Gasteiger partial charge in [0.25, 0.3) is 0 Å². The number of carbonyl (C=O) groups excluding carboxylic acids is 1. The molecule has 31 heavy (non-hydrogen) atoms. The average molecular weight is 437 g/mol. The molecule has 1 atom stereocenters. The van der Waals surface area contributed by atoms with Gasteiger partial charge in [0.05, 0.1) is 13.2 Å². The van der Waals surface area contributed by atoms with E-state index in [4.69, 9.17) is 9.47 Å². The Balaban J connectivity index is 0.00000480. The molecule has 2 aromatic carbocycles. The van der Waals surface area contributed by atoms with Crippen LogP contribution in [-0.4, -0.2) is 37.6 Å².